The van der Waals surface area contributed by atoms with E-state index in [1.54, 1.807) is 16.7 Å². The Morgan fingerprint density at radius 1 is 1.47 bits per heavy atom. The highest BCUT2D eigenvalue weighted by Gasteiger charge is 2.18. The Morgan fingerprint density at radius 3 is 3.00 bits per heavy atom. The Bertz CT molecular complexity index is 637. The van der Waals surface area contributed by atoms with Gasteiger partial charge >= 0.3 is 0 Å². The van der Waals surface area contributed by atoms with E-state index in [4.69, 9.17) is 0 Å². The zero-order valence-corrected chi connectivity index (χ0v) is 12.0. The van der Waals surface area contributed by atoms with E-state index >= 15 is 0 Å². The minimum absolute atomic E-state index is 0.239. The number of hydrogen-bond acceptors (Lipinski definition) is 1. The zero-order valence-electron chi connectivity index (χ0n) is 8.87. The lowest BCUT2D eigenvalue weighted by atomic mass is 10.1. The molecule has 86 valence electrons. The third-order valence-corrected chi connectivity index (χ3v) is 4.64. The molecule has 1 aromatic carbocycles. The molecule has 1 unspecified atom stereocenters. The van der Waals surface area contributed by atoms with Crippen LogP contribution in [0.2, 0.25) is 0 Å². The third-order valence-electron chi connectivity index (χ3n) is 2.76. The zero-order chi connectivity index (χ0) is 11.8. The molecule has 2 aromatic rings. The van der Waals surface area contributed by atoms with Crippen molar-refractivity contribution in [2.75, 3.05) is 0 Å². The summed E-state index contributed by atoms with van der Waals surface area (Å²) < 4.78 is 15.9. The number of fused-ring (bicyclic) bond motifs is 1. The van der Waals surface area contributed by atoms with E-state index in [0.717, 1.165) is 18.4 Å². The van der Waals surface area contributed by atoms with Crippen molar-refractivity contribution in [3.8, 4) is 11.8 Å². The minimum atomic E-state index is -0.239. The van der Waals surface area contributed by atoms with Crippen molar-refractivity contribution in [2.24, 2.45) is 5.92 Å². The summed E-state index contributed by atoms with van der Waals surface area (Å²) in [5.41, 5.74) is 1.33. The monoisotopic (exact) mass is 358 g/mol. The van der Waals surface area contributed by atoms with Crippen molar-refractivity contribution in [1.29, 1.82) is 0 Å². The summed E-state index contributed by atoms with van der Waals surface area (Å²) in [6.45, 7) is 0. The molecule has 17 heavy (non-hydrogen) atoms. The van der Waals surface area contributed by atoms with E-state index in [1.807, 2.05) is 6.07 Å². The SMILES string of the molecule is Fc1c(C#CC2CC2)ccc2c1cnn2PI. The molecule has 1 atom stereocenters. The molecule has 2 nitrogen and oxygen atoms in total. The summed E-state index contributed by atoms with van der Waals surface area (Å²) in [7, 11) is 0. The molecular weight excluding hydrogens is 349 g/mol. The number of benzene rings is 1. The fourth-order valence-electron chi connectivity index (χ4n) is 1.64. The Hall–Kier alpha value is -0.660. The number of nitrogens with zero attached hydrogens (tertiary/aromatic N) is 2. The topological polar surface area (TPSA) is 17.8 Å². The van der Waals surface area contributed by atoms with Crippen molar-refractivity contribution in [3.63, 3.8) is 0 Å². The van der Waals surface area contributed by atoms with Crippen LogP contribution in [0.5, 0.6) is 0 Å². The largest absolute Gasteiger partial charge is 0.237 e. The van der Waals surface area contributed by atoms with Crippen molar-refractivity contribution in [3.05, 3.63) is 29.7 Å². The van der Waals surface area contributed by atoms with Gasteiger partial charge in [0.2, 0.25) is 0 Å². The van der Waals surface area contributed by atoms with Gasteiger partial charge in [0.15, 0.2) is 0 Å². The van der Waals surface area contributed by atoms with Crippen LogP contribution < -0.4 is 0 Å². The lowest BCUT2D eigenvalue weighted by Gasteiger charge is -1.99. The van der Waals surface area contributed by atoms with Crippen molar-refractivity contribution >= 4 is 39.3 Å². The van der Waals surface area contributed by atoms with Gasteiger partial charge in [-0.1, -0.05) is 11.8 Å². The second-order valence-electron chi connectivity index (χ2n) is 4.04. The van der Waals surface area contributed by atoms with E-state index in [-0.39, 0.29) is 5.82 Å². The highest BCUT2D eigenvalue weighted by Crippen LogP contribution is 2.30. The van der Waals surface area contributed by atoms with Gasteiger partial charge in [0.05, 0.1) is 29.0 Å². The Balaban J connectivity index is 2.10. The first kappa shape index (κ1) is 11.4. The number of hydrogen-bond donors (Lipinski definition) is 0. The van der Waals surface area contributed by atoms with Gasteiger partial charge in [-0.15, -0.1) is 0 Å². The highest BCUT2D eigenvalue weighted by atomic mass is 127. The Labute approximate surface area is 113 Å². The molecule has 5 heteroatoms. The first-order valence-electron chi connectivity index (χ1n) is 5.34. The predicted octanol–water partition coefficient (Wildman–Crippen LogP) is 3.73. The van der Waals surface area contributed by atoms with Gasteiger partial charge in [0.25, 0.3) is 0 Å². The molecule has 0 spiro atoms. The second-order valence-corrected chi connectivity index (χ2v) is 6.08. The average molecular weight is 358 g/mol. The standard InChI is InChI=1S/C12H9FIN2P/c13-12-9(4-3-8-1-2-8)5-6-11-10(12)7-15-16(11)17-14/h5-8,17H,1-2H2. The van der Waals surface area contributed by atoms with Crippen LogP contribution in [0.15, 0.2) is 18.3 Å². The summed E-state index contributed by atoms with van der Waals surface area (Å²) in [5.74, 6) is 6.27. The van der Waals surface area contributed by atoms with Gasteiger partial charge in [-0.25, -0.2) is 8.84 Å². The van der Waals surface area contributed by atoms with Gasteiger partial charge in [0, 0.05) is 5.92 Å². The van der Waals surface area contributed by atoms with E-state index in [9.17, 15) is 4.39 Å². The fourth-order valence-corrected chi connectivity index (χ4v) is 3.18. The molecular formula is C12H9FIN2P. The number of halogens is 2. The Kier molecular flexibility index (Phi) is 3.06. The first-order valence-corrected chi connectivity index (χ1v) is 9.40. The van der Waals surface area contributed by atoms with E-state index in [2.05, 4.69) is 39.0 Å². The van der Waals surface area contributed by atoms with Crippen LogP contribution in [-0.4, -0.2) is 9.55 Å². The molecule has 0 aliphatic heterocycles. The van der Waals surface area contributed by atoms with Crippen LogP contribution in [0.3, 0.4) is 0 Å². The van der Waals surface area contributed by atoms with Crippen molar-refractivity contribution in [2.45, 2.75) is 12.8 Å². The maximum Gasteiger partial charge on any atom is 0.149 e. The molecule has 0 radical (unpaired) electrons. The molecule has 3 rings (SSSR count). The lowest BCUT2D eigenvalue weighted by Crippen LogP contribution is -1.87. The van der Waals surface area contributed by atoms with Gasteiger partial charge in [-0.05, 0) is 47.0 Å². The van der Waals surface area contributed by atoms with E-state index in [1.165, 1.54) is 0 Å². The summed E-state index contributed by atoms with van der Waals surface area (Å²) in [5, 5.41) is 4.72. The van der Waals surface area contributed by atoms with Crippen LogP contribution in [-0.2, 0) is 0 Å². The molecule has 0 N–H and O–H groups in total. The second kappa shape index (κ2) is 4.55. The van der Waals surface area contributed by atoms with Gasteiger partial charge in [0.1, 0.15) is 5.82 Å². The van der Waals surface area contributed by atoms with E-state index < -0.39 is 0 Å². The maximum atomic E-state index is 14.1. The summed E-state index contributed by atoms with van der Waals surface area (Å²) in [6.07, 6.45) is 4.38. The van der Waals surface area contributed by atoms with Crippen molar-refractivity contribution < 1.29 is 4.39 Å². The smallest absolute Gasteiger partial charge is 0.149 e. The summed E-state index contributed by atoms with van der Waals surface area (Å²) in [6, 6.07) is 3.65. The molecule has 1 fully saturated rings. The predicted molar refractivity (Wildman–Crippen MR) is 77.0 cm³/mol. The summed E-state index contributed by atoms with van der Waals surface area (Å²) >= 11 is 2.23. The average Bonchev–Trinajstić information content (AvgIpc) is 3.06. The number of aromatic nitrogens is 2. The van der Waals surface area contributed by atoms with Crippen molar-refractivity contribution in [1.82, 2.24) is 9.55 Å². The van der Waals surface area contributed by atoms with Gasteiger partial charge in [-0.3, -0.25) is 0 Å². The molecule has 0 amide bonds. The van der Waals surface area contributed by atoms with Crippen LogP contribution in [0.1, 0.15) is 18.4 Å². The quantitative estimate of drug-likeness (QED) is 0.432. The fraction of sp³-hybridized carbons (Fsp3) is 0.250. The molecule has 1 aromatic heterocycles. The van der Waals surface area contributed by atoms with Gasteiger partial charge < -0.3 is 0 Å². The molecule has 0 saturated heterocycles. The molecule has 1 heterocycles. The molecule has 1 aliphatic carbocycles. The minimum Gasteiger partial charge on any atom is -0.237 e. The first-order chi connectivity index (χ1) is 8.29. The number of rotatable bonds is 1. The van der Waals surface area contributed by atoms with E-state index in [0.29, 0.717) is 23.2 Å². The van der Waals surface area contributed by atoms with Crippen LogP contribution in [0.4, 0.5) is 4.39 Å². The van der Waals surface area contributed by atoms with Crippen LogP contribution in [0, 0.1) is 23.6 Å². The normalized spacial score (nSPS) is 15.4. The maximum absolute atomic E-state index is 14.1. The highest BCUT2D eigenvalue weighted by molar-refractivity contribution is 14.2. The molecule has 1 saturated carbocycles. The lowest BCUT2D eigenvalue weighted by molar-refractivity contribution is 0.636. The van der Waals surface area contributed by atoms with Crippen LogP contribution >= 0.6 is 28.4 Å². The summed E-state index contributed by atoms with van der Waals surface area (Å²) in [4.78, 5) is 0. The van der Waals surface area contributed by atoms with Crippen LogP contribution in [0.25, 0.3) is 10.9 Å². The van der Waals surface area contributed by atoms with Gasteiger partial charge in [-0.2, -0.15) is 5.10 Å². The Morgan fingerprint density at radius 2 is 2.29 bits per heavy atom. The molecule has 0 bridgehead atoms. The third kappa shape index (κ3) is 2.19. The molecule has 1 aliphatic rings.